The second-order valence-electron chi connectivity index (χ2n) is 4.48. The summed E-state index contributed by atoms with van der Waals surface area (Å²) < 4.78 is 28.7. The lowest BCUT2D eigenvalue weighted by atomic mass is 9.86. The van der Waals surface area contributed by atoms with Gasteiger partial charge >= 0.3 is 6.61 Å². The number of carbonyl (C=O) groups is 1. The minimum atomic E-state index is -2.85. The molecule has 1 N–H and O–H groups in total. The fourth-order valence-electron chi connectivity index (χ4n) is 2.24. The van der Waals surface area contributed by atoms with Crippen molar-refractivity contribution < 1.29 is 18.3 Å². The van der Waals surface area contributed by atoms with Crippen molar-refractivity contribution in [1.29, 1.82) is 0 Å². The quantitative estimate of drug-likeness (QED) is 0.895. The fraction of sp³-hybridized carbons (Fsp3) is 0.462. The monoisotopic (exact) mass is 255 g/mol. The number of nitrogens with one attached hydrogen (secondary N) is 1. The van der Waals surface area contributed by atoms with Crippen LogP contribution in [0.4, 0.5) is 14.5 Å². The molecule has 1 aromatic carbocycles. The van der Waals surface area contributed by atoms with E-state index in [2.05, 4.69) is 10.1 Å². The Morgan fingerprint density at radius 3 is 2.78 bits per heavy atom. The summed E-state index contributed by atoms with van der Waals surface area (Å²) in [5, 5.41) is 2.76. The zero-order valence-corrected chi connectivity index (χ0v) is 10.2. The van der Waals surface area contributed by atoms with Gasteiger partial charge in [-0.3, -0.25) is 4.79 Å². The van der Waals surface area contributed by atoms with E-state index >= 15 is 0 Å². The van der Waals surface area contributed by atoms with Crippen molar-refractivity contribution in [3.8, 4) is 5.75 Å². The van der Waals surface area contributed by atoms with Crippen molar-refractivity contribution in [2.45, 2.75) is 32.8 Å². The van der Waals surface area contributed by atoms with Crippen molar-refractivity contribution in [3.63, 3.8) is 0 Å². The van der Waals surface area contributed by atoms with Crippen molar-refractivity contribution in [2.24, 2.45) is 5.92 Å². The van der Waals surface area contributed by atoms with Gasteiger partial charge in [0.15, 0.2) is 0 Å². The molecule has 18 heavy (non-hydrogen) atoms. The molecule has 1 heterocycles. The minimum Gasteiger partial charge on any atom is -0.435 e. The zero-order chi connectivity index (χ0) is 13.3. The second-order valence-corrected chi connectivity index (χ2v) is 4.48. The van der Waals surface area contributed by atoms with Crippen LogP contribution in [0.2, 0.25) is 0 Å². The number of rotatable bonds is 4. The van der Waals surface area contributed by atoms with Gasteiger partial charge in [-0.1, -0.05) is 20.3 Å². The number of benzene rings is 1. The van der Waals surface area contributed by atoms with Gasteiger partial charge in [0.2, 0.25) is 5.91 Å². The molecule has 1 aliphatic heterocycles. The van der Waals surface area contributed by atoms with E-state index in [-0.39, 0.29) is 23.5 Å². The van der Waals surface area contributed by atoms with E-state index in [1.165, 1.54) is 12.1 Å². The van der Waals surface area contributed by atoms with Crippen LogP contribution in [0.15, 0.2) is 18.2 Å². The summed E-state index contributed by atoms with van der Waals surface area (Å²) in [5.41, 5.74) is 1.43. The van der Waals surface area contributed by atoms with Crippen LogP contribution in [-0.4, -0.2) is 12.5 Å². The Hall–Kier alpha value is -1.65. The summed E-state index contributed by atoms with van der Waals surface area (Å²) in [5.74, 6) is -0.110. The van der Waals surface area contributed by atoms with Gasteiger partial charge in [0.25, 0.3) is 0 Å². The largest absolute Gasteiger partial charge is 0.435 e. The summed E-state index contributed by atoms with van der Waals surface area (Å²) in [4.78, 5) is 11.9. The predicted molar refractivity (Wildman–Crippen MR) is 63.9 cm³/mol. The van der Waals surface area contributed by atoms with Gasteiger partial charge in [-0.15, -0.1) is 0 Å². The van der Waals surface area contributed by atoms with Crippen LogP contribution in [0.1, 0.15) is 31.7 Å². The van der Waals surface area contributed by atoms with Crippen LogP contribution in [-0.2, 0) is 4.79 Å². The highest BCUT2D eigenvalue weighted by Crippen LogP contribution is 2.40. The Kier molecular flexibility index (Phi) is 3.50. The molecule has 98 valence electrons. The van der Waals surface area contributed by atoms with Crippen LogP contribution in [0.5, 0.6) is 5.75 Å². The molecule has 3 nitrogen and oxygen atoms in total. The van der Waals surface area contributed by atoms with E-state index in [0.717, 1.165) is 12.0 Å². The molecule has 0 bridgehead atoms. The standard InChI is InChI=1S/C13H15F2NO2/c1-3-7(2)11-9-6-8(18-13(14)15)4-5-10(9)16-12(11)17/h4-7,11,13H,3H2,1-2H3,(H,16,17). The number of carbonyl (C=O) groups excluding carboxylic acids is 1. The number of hydrogen-bond donors (Lipinski definition) is 1. The topological polar surface area (TPSA) is 38.3 Å². The van der Waals surface area contributed by atoms with Gasteiger partial charge < -0.3 is 10.1 Å². The lowest BCUT2D eigenvalue weighted by Gasteiger charge is -2.16. The Bertz CT molecular complexity index is 462. The summed E-state index contributed by atoms with van der Waals surface area (Å²) >= 11 is 0. The van der Waals surface area contributed by atoms with Gasteiger partial charge in [-0.25, -0.2) is 0 Å². The van der Waals surface area contributed by atoms with Crippen molar-refractivity contribution in [3.05, 3.63) is 23.8 Å². The first-order valence-corrected chi connectivity index (χ1v) is 5.92. The maximum absolute atomic E-state index is 12.2. The number of halogens is 2. The third-order valence-electron chi connectivity index (χ3n) is 3.34. The molecule has 0 aromatic heterocycles. The Morgan fingerprint density at radius 2 is 2.17 bits per heavy atom. The molecule has 1 aliphatic rings. The first kappa shape index (κ1) is 12.8. The zero-order valence-electron chi connectivity index (χ0n) is 10.2. The Balaban J connectivity index is 2.33. The molecule has 0 radical (unpaired) electrons. The molecule has 0 saturated carbocycles. The fourth-order valence-corrected chi connectivity index (χ4v) is 2.24. The molecular weight excluding hydrogens is 240 g/mol. The summed E-state index contributed by atoms with van der Waals surface area (Å²) in [7, 11) is 0. The van der Waals surface area contributed by atoms with Gasteiger partial charge in [-0.05, 0) is 29.7 Å². The normalized spacial score (nSPS) is 19.6. The molecule has 1 amide bonds. The molecule has 0 aliphatic carbocycles. The van der Waals surface area contributed by atoms with Gasteiger partial charge in [0.05, 0.1) is 5.92 Å². The number of alkyl halides is 2. The van der Waals surface area contributed by atoms with Crippen LogP contribution in [0.25, 0.3) is 0 Å². The third kappa shape index (κ3) is 2.30. The lowest BCUT2D eigenvalue weighted by Crippen LogP contribution is -2.18. The first-order chi connectivity index (χ1) is 8.52. The molecule has 2 rings (SSSR count). The Morgan fingerprint density at radius 1 is 1.44 bits per heavy atom. The van der Waals surface area contributed by atoms with Gasteiger partial charge in [-0.2, -0.15) is 8.78 Å². The summed E-state index contributed by atoms with van der Waals surface area (Å²) in [6.07, 6.45) is 0.845. The van der Waals surface area contributed by atoms with E-state index in [0.29, 0.717) is 5.69 Å². The van der Waals surface area contributed by atoms with E-state index in [1.54, 1.807) is 6.07 Å². The molecule has 0 saturated heterocycles. The molecule has 2 unspecified atom stereocenters. The maximum atomic E-state index is 12.2. The third-order valence-corrected chi connectivity index (χ3v) is 3.34. The number of anilines is 1. The van der Waals surface area contributed by atoms with Crippen LogP contribution in [0.3, 0.4) is 0 Å². The van der Waals surface area contributed by atoms with Crippen molar-refractivity contribution in [1.82, 2.24) is 0 Å². The highest BCUT2D eigenvalue weighted by molar-refractivity contribution is 6.03. The van der Waals surface area contributed by atoms with Crippen LogP contribution in [0, 0.1) is 5.92 Å². The molecule has 5 heteroatoms. The van der Waals surface area contributed by atoms with Gasteiger partial charge in [0.1, 0.15) is 5.75 Å². The molecule has 0 fully saturated rings. The second kappa shape index (κ2) is 4.92. The highest BCUT2D eigenvalue weighted by Gasteiger charge is 2.34. The molecule has 0 spiro atoms. The molecule has 1 aromatic rings. The van der Waals surface area contributed by atoms with E-state index < -0.39 is 6.61 Å². The number of ether oxygens (including phenoxy) is 1. The highest BCUT2D eigenvalue weighted by atomic mass is 19.3. The Labute approximate surface area is 104 Å². The average Bonchev–Trinajstić information content (AvgIpc) is 2.63. The SMILES string of the molecule is CCC(C)C1C(=O)Nc2ccc(OC(F)F)cc21. The van der Waals surface area contributed by atoms with E-state index in [9.17, 15) is 13.6 Å². The average molecular weight is 255 g/mol. The predicted octanol–water partition coefficient (Wildman–Crippen LogP) is 3.37. The first-order valence-electron chi connectivity index (χ1n) is 5.92. The summed E-state index contributed by atoms with van der Waals surface area (Å²) in [6.45, 7) is 1.12. The maximum Gasteiger partial charge on any atom is 0.387 e. The minimum absolute atomic E-state index is 0.0754. The lowest BCUT2D eigenvalue weighted by molar-refractivity contribution is -0.118. The van der Waals surface area contributed by atoms with E-state index in [1.807, 2.05) is 13.8 Å². The van der Waals surface area contributed by atoms with Crippen molar-refractivity contribution >= 4 is 11.6 Å². The molecule has 2 atom stereocenters. The van der Waals surface area contributed by atoms with Crippen molar-refractivity contribution in [2.75, 3.05) is 5.32 Å². The smallest absolute Gasteiger partial charge is 0.387 e. The number of amides is 1. The van der Waals surface area contributed by atoms with Crippen LogP contribution < -0.4 is 10.1 Å². The van der Waals surface area contributed by atoms with E-state index in [4.69, 9.17) is 0 Å². The number of hydrogen-bond acceptors (Lipinski definition) is 2. The van der Waals surface area contributed by atoms with Gasteiger partial charge in [0, 0.05) is 5.69 Å². The number of fused-ring (bicyclic) bond motifs is 1. The summed E-state index contributed by atoms with van der Waals surface area (Å²) in [6, 6.07) is 4.56. The van der Waals surface area contributed by atoms with Crippen LogP contribution >= 0.6 is 0 Å². The molecular formula is C13H15F2NO2.